The van der Waals surface area contributed by atoms with E-state index in [1.165, 1.54) is 11.8 Å². The molecule has 0 radical (unpaired) electrons. The SMILES string of the molecule is CCn1c(SCC(=O)NCc2ccccc2Cl)nnc1-c1ccc(Cl)cc1. The third-order valence-corrected chi connectivity index (χ3v) is 5.49. The van der Waals surface area contributed by atoms with Crippen LogP contribution < -0.4 is 5.32 Å². The summed E-state index contributed by atoms with van der Waals surface area (Å²) in [4.78, 5) is 12.2. The molecule has 0 fully saturated rings. The van der Waals surface area contributed by atoms with Crippen molar-refractivity contribution in [1.82, 2.24) is 20.1 Å². The van der Waals surface area contributed by atoms with Gasteiger partial charge in [0.15, 0.2) is 11.0 Å². The Bertz CT molecular complexity index is 928. The number of benzene rings is 2. The molecule has 140 valence electrons. The van der Waals surface area contributed by atoms with Crippen LogP contribution >= 0.6 is 35.0 Å². The predicted octanol–water partition coefficient (Wildman–Crippen LogP) is 4.68. The van der Waals surface area contributed by atoms with Crippen molar-refractivity contribution in [1.29, 1.82) is 0 Å². The molecule has 5 nitrogen and oxygen atoms in total. The van der Waals surface area contributed by atoms with E-state index in [0.717, 1.165) is 17.0 Å². The fraction of sp³-hybridized carbons (Fsp3) is 0.211. The predicted molar refractivity (Wildman–Crippen MR) is 110 cm³/mol. The first kappa shape index (κ1) is 19.7. The molecule has 0 aliphatic carbocycles. The highest BCUT2D eigenvalue weighted by Crippen LogP contribution is 2.25. The molecular formula is C19H18Cl2N4OS. The summed E-state index contributed by atoms with van der Waals surface area (Å²) in [5, 5.41) is 13.4. The molecule has 0 aliphatic rings. The van der Waals surface area contributed by atoms with Crippen LogP contribution in [-0.2, 0) is 17.9 Å². The quantitative estimate of drug-likeness (QED) is 0.563. The number of hydrogen-bond acceptors (Lipinski definition) is 4. The van der Waals surface area contributed by atoms with Gasteiger partial charge in [0.1, 0.15) is 0 Å². The maximum absolute atomic E-state index is 12.2. The molecule has 1 N–H and O–H groups in total. The lowest BCUT2D eigenvalue weighted by Gasteiger charge is -2.08. The Kier molecular flexibility index (Phi) is 6.77. The maximum atomic E-state index is 12.2. The highest BCUT2D eigenvalue weighted by Gasteiger charge is 2.14. The lowest BCUT2D eigenvalue weighted by atomic mass is 10.2. The van der Waals surface area contributed by atoms with E-state index in [9.17, 15) is 4.79 Å². The Morgan fingerprint density at radius 2 is 1.85 bits per heavy atom. The Labute approximate surface area is 172 Å². The second kappa shape index (κ2) is 9.26. The van der Waals surface area contributed by atoms with E-state index < -0.39 is 0 Å². The number of nitrogens with one attached hydrogen (secondary N) is 1. The van der Waals surface area contributed by atoms with Gasteiger partial charge in [0.05, 0.1) is 5.75 Å². The molecule has 2 aromatic carbocycles. The van der Waals surface area contributed by atoms with Gasteiger partial charge in [-0.25, -0.2) is 0 Å². The fourth-order valence-corrected chi connectivity index (χ4v) is 3.67. The molecule has 1 heterocycles. The molecule has 3 aromatic rings. The maximum Gasteiger partial charge on any atom is 0.230 e. The zero-order valence-electron chi connectivity index (χ0n) is 14.7. The highest BCUT2D eigenvalue weighted by molar-refractivity contribution is 7.99. The van der Waals surface area contributed by atoms with E-state index in [0.29, 0.717) is 28.3 Å². The van der Waals surface area contributed by atoms with Gasteiger partial charge in [0.2, 0.25) is 5.91 Å². The molecule has 1 amide bonds. The number of carbonyl (C=O) groups excluding carboxylic acids is 1. The first-order chi connectivity index (χ1) is 13.1. The number of aromatic nitrogens is 3. The molecule has 0 saturated carbocycles. The van der Waals surface area contributed by atoms with Gasteiger partial charge in [-0.1, -0.05) is 53.2 Å². The largest absolute Gasteiger partial charge is 0.351 e. The van der Waals surface area contributed by atoms with E-state index in [-0.39, 0.29) is 11.7 Å². The summed E-state index contributed by atoms with van der Waals surface area (Å²) in [7, 11) is 0. The van der Waals surface area contributed by atoms with Crippen molar-refractivity contribution >= 4 is 40.9 Å². The summed E-state index contributed by atoms with van der Waals surface area (Å²) in [5.74, 6) is 0.926. The third-order valence-electron chi connectivity index (χ3n) is 3.90. The van der Waals surface area contributed by atoms with Crippen LogP contribution in [0.25, 0.3) is 11.4 Å². The zero-order valence-corrected chi connectivity index (χ0v) is 17.0. The summed E-state index contributed by atoms with van der Waals surface area (Å²) in [6.45, 7) is 3.12. The van der Waals surface area contributed by atoms with Crippen LogP contribution in [0.4, 0.5) is 0 Å². The normalized spacial score (nSPS) is 10.8. The number of carbonyl (C=O) groups is 1. The van der Waals surface area contributed by atoms with Gasteiger partial charge >= 0.3 is 0 Å². The standard InChI is InChI=1S/C19H18Cl2N4OS/c1-2-25-18(13-7-9-15(20)10-8-13)23-24-19(25)27-12-17(26)22-11-14-5-3-4-6-16(14)21/h3-10H,2,11-12H2,1H3,(H,22,26). The van der Waals surface area contributed by atoms with E-state index >= 15 is 0 Å². The van der Waals surface area contributed by atoms with Gasteiger partial charge in [0, 0.05) is 28.7 Å². The Balaban J connectivity index is 1.61. The molecule has 1 aromatic heterocycles. The van der Waals surface area contributed by atoms with Crippen molar-refractivity contribution < 1.29 is 4.79 Å². The van der Waals surface area contributed by atoms with Crippen LogP contribution in [0.15, 0.2) is 53.7 Å². The van der Waals surface area contributed by atoms with Crippen LogP contribution in [-0.4, -0.2) is 26.4 Å². The summed E-state index contributed by atoms with van der Waals surface area (Å²) >= 11 is 13.4. The van der Waals surface area contributed by atoms with E-state index in [1.807, 2.05) is 54.0 Å². The first-order valence-electron chi connectivity index (χ1n) is 8.40. The van der Waals surface area contributed by atoms with E-state index in [2.05, 4.69) is 15.5 Å². The van der Waals surface area contributed by atoms with Crippen LogP contribution in [0, 0.1) is 0 Å². The van der Waals surface area contributed by atoms with Crippen LogP contribution in [0.5, 0.6) is 0 Å². The molecule has 0 aliphatic heterocycles. The second-order valence-electron chi connectivity index (χ2n) is 5.71. The summed E-state index contributed by atoms with van der Waals surface area (Å²) in [6.07, 6.45) is 0. The van der Waals surface area contributed by atoms with Gasteiger partial charge in [-0.15, -0.1) is 10.2 Å². The average Bonchev–Trinajstić information content (AvgIpc) is 3.09. The van der Waals surface area contributed by atoms with Gasteiger partial charge < -0.3 is 9.88 Å². The second-order valence-corrected chi connectivity index (χ2v) is 7.50. The molecule has 0 saturated heterocycles. The van der Waals surface area contributed by atoms with Gasteiger partial charge in [-0.3, -0.25) is 4.79 Å². The Morgan fingerprint density at radius 3 is 2.56 bits per heavy atom. The van der Waals surface area contributed by atoms with Crippen molar-refractivity contribution in [2.75, 3.05) is 5.75 Å². The van der Waals surface area contributed by atoms with Crippen molar-refractivity contribution in [2.45, 2.75) is 25.2 Å². The minimum absolute atomic E-state index is 0.0846. The van der Waals surface area contributed by atoms with Gasteiger partial charge in [0.25, 0.3) is 0 Å². The summed E-state index contributed by atoms with van der Waals surface area (Å²) in [5.41, 5.74) is 1.82. The number of amides is 1. The monoisotopic (exact) mass is 420 g/mol. The molecule has 0 atom stereocenters. The zero-order chi connectivity index (χ0) is 19.2. The molecular weight excluding hydrogens is 403 g/mol. The lowest BCUT2D eigenvalue weighted by Crippen LogP contribution is -2.24. The number of hydrogen-bond donors (Lipinski definition) is 1. The van der Waals surface area contributed by atoms with Crippen LogP contribution in [0.1, 0.15) is 12.5 Å². The lowest BCUT2D eigenvalue weighted by molar-refractivity contribution is -0.118. The number of thioether (sulfide) groups is 1. The number of halogens is 2. The van der Waals surface area contributed by atoms with Crippen LogP contribution in [0.3, 0.4) is 0 Å². The molecule has 27 heavy (non-hydrogen) atoms. The minimum atomic E-state index is -0.0846. The third kappa shape index (κ3) is 5.03. The van der Waals surface area contributed by atoms with Gasteiger partial charge in [-0.2, -0.15) is 0 Å². The summed E-state index contributed by atoms with van der Waals surface area (Å²) < 4.78 is 1.98. The highest BCUT2D eigenvalue weighted by atomic mass is 35.5. The van der Waals surface area contributed by atoms with Crippen molar-refractivity contribution in [2.24, 2.45) is 0 Å². The minimum Gasteiger partial charge on any atom is -0.351 e. The Morgan fingerprint density at radius 1 is 1.11 bits per heavy atom. The van der Waals surface area contributed by atoms with E-state index in [1.54, 1.807) is 6.07 Å². The van der Waals surface area contributed by atoms with Gasteiger partial charge in [-0.05, 0) is 42.8 Å². The van der Waals surface area contributed by atoms with Crippen LogP contribution in [0.2, 0.25) is 10.0 Å². The molecule has 0 spiro atoms. The smallest absolute Gasteiger partial charge is 0.230 e. The van der Waals surface area contributed by atoms with Crippen molar-refractivity contribution in [3.8, 4) is 11.4 Å². The summed E-state index contributed by atoms with van der Waals surface area (Å²) in [6, 6.07) is 14.9. The van der Waals surface area contributed by atoms with Crippen molar-refractivity contribution in [3.63, 3.8) is 0 Å². The topological polar surface area (TPSA) is 59.8 Å². The Hall–Kier alpha value is -2.02. The van der Waals surface area contributed by atoms with E-state index in [4.69, 9.17) is 23.2 Å². The van der Waals surface area contributed by atoms with Crippen molar-refractivity contribution in [3.05, 3.63) is 64.1 Å². The molecule has 0 bridgehead atoms. The number of nitrogens with zero attached hydrogens (tertiary/aromatic N) is 3. The fourth-order valence-electron chi connectivity index (χ4n) is 2.51. The first-order valence-corrected chi connectivity index (χ1v) is 10.1. The number of rotatable bonds is 7. The molecule has 3 rings (SSSR count). The molecule has 0 unspecified atom stereocenters. The molecule has 8 heteroatoms. The average molecular weight is 421 g/mol.